The summed E-state index contributed by atoms with van der Waals surface area (Å²) < 4.78 is 0. The van der Waals surface area contributed by atoms with Crippen LogP contribution in [0.15, 0.2) is 0 Å². The van der Waals surface area contributed by atoms with Crippen molar-refractivity contribution in [2.75, 3.05) is 0 Å². The number of carbonyl (C=O) groups is 5. The van der Waals surface area contributed by atoms with Gasteiger partial charge >= 0.3 is 5.97 Å². The van der Waals surface area contributed by atoms with E-state index in [2.05, 4.69) is 16.0 Å². The fourth-order valence-corrected chi connectivity index (χ4v) is 2.25. The van der Waals surface area contributed by atoms with E-state index in [4.69, 9.17) is 16.6 Å². The van der Waals surface area contributed by atoms with Gasteiger partial charge in [0.25, 0.3) is 0 Å². The van der Waals surface area contributed by atoms with E-state index in [0.29, 0.717) is 0 Å². The molecule has 0 fully saturated rings. The molecule has 0 aromatic heterocycles. The van der Waals surface area contributed by atoms with Crippen molar-refractivity contribution in [3.05, 3.63) is 0 Å². The van der Waals surface area contributed by atoms with Gasteiger partial charge in [0.2, 0.25) is 23.6 Å². The predicted octanol–water partition coefficient (Wildman–Crippen LogP) is -2.83. The molecule has 0 bridgehead atoms. The van der Waals surface area contributed by atoms with Crippen molar-refractivity contribution in [1.29, 1.82) is 0 Å². The number of aliphatic carboxylic acids is 1. The monoisotopic (exact) mass is 417 g/mol. The second kappa shape index (κ2) is 12.0. The molecule has 166 valence electrons. The average Bonchev–Trinajstić information content (AvgIpc) is 2.58. The zero-order chi connectivity index (χ0) is 22.9. The van der Waals surface area contributed by atoms with Crippen molar-refractivity contribution in [1.82, 2.24) is 16.0 Å². The van der Waals surface area contributed by atoms with Crippen LogP contribution in [0.25, 0.3) is 0 Å². The van der Waals surface area contributed by atoms with E-state index >= 15 is 0 Å². The smallest absolute Gasteiger partial charge is 0.325 e. The van der Waals surface area contributed by atoms with Gasteiger partial charge in [-0.15, -0.1) is 0 Å². The minimum Gasteiger partial charge on any atom is -0.480 e. The summed E-state index contributed by atoms with van der Waals surface area (Å²) in [4.78, 5) is 59.2. The van der Waals surface area contributed by atoms with Crippen molar-refractivity contribution in [2.24, 2.45) is 17.4 Å². The highest BCUT2D eigenvalue weighted by Gasteiger charge is 2.31. The molecular formula is C17H31N5O7. The lowest BCUT2D eigenvalue weighted by molar-refractivity contribution is -0.142. The standard InChI is InChI=1S/C17H31N5O7/c1-7(2)5-10(14(25)20-8(3)17(28)29)21-15(26)11(6-12(18)24)22-16(27)13(19)9(4)23/h7-11,13,23H,5-6,19H2,1-4H3,(H2,18,24)(H,20,25)(H,21,26)(H,22,27)(H,28,29). The van der Waals surface area contributed by atoms with Crippen LogP contribution in [0.4, 0.5) is 0 Å². The molecular weight excluding hydrogens is 386 g/mol. The zero-order valence-corrected chi connectivity index (χ0v) is 17.0. The predicted molar refractivity (Wildman–Crippen MR) is 102 cm³/mol. The molecule has 0 heterocycles. The van der Waals surface area contributed by atoms with E-state index in [1.807, 2.05) is 0 Å². The molecule has 0 aromatic carbocycles. The van der Waals surface area contributed by atoms with Crippen LogP contribution in [0.1, 0.15) is 40.5 Å². The van der Waals surface area contributed by atoms with Gasteiger partial charge in [-0.2, -0.15) is 0 Å². The topological polar surface area (TPSA) is 214 Å². The van der Waals surface area contributed by atoms with Gasteiger partial charge in [-0.25, -0.2) is 0 Å². The Morgan fingerprint density at radius 2 is 1.34 bits per heavy atom. The summed E-state index contributed by atoms with van der Waals surface area (Å²) in [7, 11) is 0. The van der Waals surface area contributed by atoms with Crippen molar-refractivity contribution in [3.63, 3.8) is 0 Å². The zero-order valence-electron chi connectivity index (χ0n) is 17.0. The summed E-state index contributed by atoms with van der Waals surface area (Å²) in [5.74, 6) is -4.67. The molecule has 0 rings (SSSR count). The highest BCUT2D eigenvalue weighted by molar-refractivity contribution is 5.96. The van der Waals surface area contributed by atoms with Gasteiger partial charge in [0, 0.05) is 0 Å². The average molecular weight is 417 g/mol. The van der Waals surface area contributed by atoms with Crippen LogP contribution in [-0.4, -0.2) is 70.1 Å². The number of aliphatic hydroxyl groups excluding tert-OH is 1. The molecule has 9 N–H and O–H groups in total. The molecule has 0 aliphatic carbocycles. The molecule has 12 nitrogen and oxygen atoms in total. The van der Waals surface area contributed by atoms with Crippen LogP contribution in [-0.2, 0) is 24.0 Å². The van der Waals surface area contributed by atoms with Gasteiger partial charge in [-0.05, 0) is 26.2 Å². The second-order valence-electron chi connectivity index (χ2n) is 7.26. The highest BCUT2D eigenvalue weighted by atomic mass is 16.4. The second-order valence-corrected chi connectivity index (χ2v) is 7.26. The lowest BCUT2D eigenvalue weighted by Crippen LogP contribution is -2.58. The molecule has 0 saturated heterocycles. The first kappa shape index (κ1) is 26.3. The Labute approximate surface area is 168 Å². The first-order valence-electron chi connectivity index (χ1n) is 9.12. The number of hydrogen-bond acceptors (Lipinski definition) is 7. The fraction of sp³-hybridized carbons (Fsp3) is 0.706. The molecule has 0 spiro atoms. The molecule has 0 aliphatic rings. The van der Waals surface area contributed by atoms with E-state index in [-0.39, 0.29) is 12.3 Å². The van der Waals surface area contributed by atoms with Crippen LogP contribution >= 0.6 is 0 Å². The summed E-state index contributed by atoms with van der Waals surface area (Å²) in [6.07, 6.45) is -1.59. The summed E-state index contributed by atoms with van der Waals surface area (Å²) in [5, 5.41) is 25.2. The summed E-state index contributed by atoms with van der Waals surface area (Å²) in [5.41, 5.74) is 10.6. The number of carbonyl (C=O) groups excluding carboxylic acids is 4. The maximum Gasteiger partial charge on any atom is 0.325 e. The fourth-order valence-electron chi connectivity index (χ4n) is 2.25. The van der Waals surface area contributed by atoms with Crippen molar-refractivity contribution >= 4 is 29.6 Å². The summed E-state index contributed by atoms with van der Waals surface area (Å²) in [6.45, 7) is 6.12. The maximum absolute atomic E-state index is 12.6. The molecule has 12 heteroatoms. The number of nitrogens with one attached hydrogen (secondary N) is 3. The lowest BCUT2D eigenvalue weighted by Gasteiger charge is -2.25. The van der Waals surface area contributed by atoms with Crippen LogP contribution in [0, 0.1) is 5.92 Å². The maximum atomic E-state index is 12.6. The number of primary amides is 1. The minimum absolute atomic E-state index is 0.0426. The Morgan fingerprint density at radius 3 is 1.76 bits per heavy atom. The van der Waals surface area contributed by atoms with Crippen LogP contribution in [0.2, 0.25) is 0 Å². The Balaban J connectivity index is 5.38. The van der Waals surface area contributed by atoms with Crippen LogP contribution in [0.3, 0.4) is 0 Å². The van der Waals surface area contributed by atoms with Crippen molar-refractivity contribution < 1.29 is 34.2 Å². The van der Waals surface area contributed by atoms with E-state index < -0.39 is 66.3 Å². The first-order chi connectivity index (χ1) is 13.3. The van der Waals surface area contributed by atoms with E-state index in [1.54, 1.807) is 13.8 Å². The van der Waals surface area contributed by atoms with Gasteiger partial charge in [-0.3, -0.25) is 24.0 Å². The third kappa shape index (κ3) is 9.85. The highest BCUT2D eigenvalue weighted by Crippen LogP contribution is 2.07. The van der Waals surface area contributed by atoms with Crippen LogP contribution < -0.4 is 27.4 Å². The molecule has 0 saturated carbocycles. The third-order valence-electron chi connectivity index (χ3n) is 3.93. The SMILES string of the molecule is CC(C)CC(NC(=O)C(CC(N)=O)NC(=O)C(N)C(C)O)C(=O)NC(C)C(=O)O. The van der Waals surface area contributed by atoms with Crippen LogP contribution in [0.5, 0.6) is 0 Å². The largest absolute Gasteiger partial charge is 0.480 e. The molecule has 4 amide bonds. The van der Waals surface area contributed by atoms with Crippen molar-refractivity contribution in [3.8, 4) is 0 Å². The number of amides is 4. The minimum atomic E-state index is -1.43. The molecule has 5 atom stereocenters. The third-order valence-corrected chi connectivity index (χ3v) is 3.93. The Hall–Kier alpha value is -2.73. The van der Waals surface area contributed by atoms with Gasteiger partial charge < -0.3 is 37.6 Å². The van der Waals surface area contributed by atoms with Gasteiger partial charge in [0.05, 0.1) is 12.5 Å². The number of rotatable bonds is 12. The molecule has 0 radical (unpaired) electrons. The molecule has 5 unspecified atom stereocenters. The van der Waals surface area contributed by atoms with E-state index in [0.717, 1.165) is 0 Å². The summed E-state index contributed by atoms with van der Waals surface area (Å²) >= 11 is 0. The molecule has 0 aromatic rings. The number of aliphatic hydroxyl groups is 1. The number of carboxylic acid groups (broad SMARTS) is 1. The lowest BCUT2D eigenvalue weighted by atomic mass is 10.0. The normalized spacial score (nSPS) is 16.1. The Kier molecular flexibility index (Phi) is 10.8. The van der Waals surface area contributed by atoms with E-state index in [9.17, 15) is 29.1 Å². The Bertz CT molecular complexity index is 623. The van der Waals surface area contributed by atoms with Gasteiger partial charge in [-0.1, -0.05) is 13.8 Å². The number of nitrogens with two attached hydrogens (primary N) is 2. The molecule has 29 heavy (non-hydrogen) atoms. The quantitative estimate of drug-likeness (QED) is 0.175. The molecule has 0 aliphatic heterocycles. The summed E-state index contributed by atoms with van der Waals surface area (Å²) in [6, 6.07) is -5.06. The van der Waals surface area contributed by atoms with Gasteiger partial charge in [0.1, 0.15) is 24.2 Å². The van der Waals surface area contributed by atoms with Gasteiger partial charge in [0.15, 0.2) is 0 Å². The van der Waals surface area contributed by atoms with Crippen molar-refractivity contribution in [2.45, 2.75) is 70.8 Å². The first-order valence-corrected chi connectivity index (χ1v) is 9.12. The Morgan fingerprint density at radius 1 is 0.862 bits per heavy atom. The number of hydrogen-bond donors (Lipinski definition) is 7. The number of carboxylic acids is 1. The van der Waals surface area contributed by atoms with E-state index in [1.165, 1.54) is 13.8 Å².